The van der Waals surface area contributed by atoms with Crippen LogP contribution in [0.1, 0.15) is 23.7 Å². The summed E-state index contributed by atoms with van der Waals surface area (Å²) >= 11 is 1.50. The van der Waals surface area contributed by atoms with E-state index in [0.717, 1.165) is 16.1 Å². The van der Waals surface area contributed by atoms with Crippen LogP contribution in [0.2, 0.25) is 0 Å². The zero-order chi connectivity index (χ0) is 19.9. The molecule has 3 rings (SSSR count). The SMILES string of the molecule is CC(=O)NC(=Cc1ccccc1)C(=O)OCc1csc(-c2ccc(C)cc2)n1. The predicted molar refractivity (Wildman–Crippen MR) is 110 cm³/mol. The summed E-state index contributed by atoms with van der Waals surface area (Å²) in [6.07, 6.45) is 1.59. The van der Waals surface area contributed by atoms with Crippen LogP contribution < -0.4 is 5.32 Å². The van der Waals surface area contributed by atoms with Crippen LogP contribution in [0.5, 0.6) is 0 Å². The Morgan fingerprint density at radius 2 is 1.82 bits per heavy atom. The minimum Gasteiger partial charge on any atom is -0.454 e. The molecule has 0 aliphatic heterocycles. The van der Waals surface area contributed by atoms with Crippen LogP contribution in [0.25, 0.3) is 16.6 Å². The highest BCUT2D eigenvalue weighted by atomic mass is 32.1. The normalized spacial score (nSPS) is 11.1. The minimum atomic E-state index is -0.607. The molecule has 0 spiro atoms. The molecule has 28 heavy (non-hydrogen) atoms. The molecule has 0 aliphatic rings. The van der Waals surface area contributed by atoms with E-state index >= 15 is 0 Å². The van der Waals surface area contributed by atoms with Crippen molar-refractivity contribution in [1.29, 1.82) is 0 Å². The highest BCUT2D eigenvalue weighted by Crippen LogP contribution is 2.24. The Morgan fingerprint density at radius 1 is 1.11 bits per heavy atom. The first kappa shape index (κ1) is 19.5. The number of rotatable bonds is 6. The smallest absolute Gasteiger partial charge is 0.355 e. The van der Waals surface area contributed by atoms with Gasteiger partial charge in [-0.2, -0.15) is 0 Å². The van der Waals surface area contributed by atoms with Crippen LogP contribution in [0.4, 0.5) is 0 Å². The average Bonchev–Trinajstić information content (AvgIpc) is 3.15. The molecule has 142 valence electrons. The van der Waals surface area contributed by atoms with Gasteiger partial charge in [-0.05, 0) is 18.6 Å². The zero-order valence-corrected chi connectivity index (χ0v) is 16.5. The summed E-state index contributed by atoms with van der Waals surface area (Å²) in [4.78, 5) is 28.4. The standard InChI is InChI=1S/C22H20N2O3S/c1-15-8-10-18(11-9-15)21-24-19(14-28-21)13-27-22(26)20(23-16(2)25)12-17-6-4-3-5-7-17/h3-12,14H,13H2,1-2H3,(H,23,25). The summed E-state index contributed by atoms with van der Waals surface area (Å²) in [6.45, 7) is 3.42. The van der Waals surface area contributed by atoms with Crippen molar-refractivity contribution in [3.63, 3.8) is 0 Å². The van der Waals surface area contributed by atoms with Gasteiger partial charge in [0.1, 0.15) is 17.3 Å². The molecule has 1 amide bonds. The van der Waals surface area contributed by atoms with Gasteiger partial charge < -0.3 is 10.1 Å². The average molecular weight is 392 g/mol. The molecule has 2 aromatic carbocycles. The van der Waals surface area contributed by atoms with Crippen molar-refractivity contribution in [3.8, 4) is 10.6 Å². The lowest BCUT2D eigenvalue weighted by molar-refractivity contribution is -0.141. The third-order valence-electron chi connectivity index (χ3n) is 3.84. The number of esters is 1. The van der Waals surface area contributed by atoms with Crippen LogP contribution in [0.15, 0.2) is 65.7 Å². The predicted octanol–water partition coefficient (Wildman–Crippen LogP) is 4.34. The lowest BCUT2D eigenvalue weighted by Gasteiger charge is -2.08. The summed E-state index contributed by atoms with van der Waals surface area (Å²) in [5, 5.41) is 5.26. The van der Waals surface area contributed by atoms with Crippen LogP contribution >= 0.6 is 11.3 Å². The first-order valence-electron chi connectivity index (χ1n) is 8.74. The highest BCUT2D eigenvalue weighted by Gasteiger charge is 2.14. The van der Waals surface area contributed by atoms with E-state index in [0.29, 0.717) is 5.69 Å². The summed E-state index contributed by atoms with van der Waals surface area (Å²) in [6, 6.07) is 17.3. The van der Waals surface area contributed by atoms with Gasteiger partial charge in [-0.15, -0.1) is 11.3 Å². The summed E-state index contributed by atoms with van der Waals surface area (Å²) in [5.74, 6) is -0.946. The Balaban J connectivity index is 1.68. The molecular weight excluding hydrogens is 372 g/mol. The Bertz CT molecular complexity index is 992. The van der Waals surface area contributed by atoms with Crippen molar-refractivity contribution in [2.24, 2.45) is 0 Å². The summed E-state index contributed by atoms with van der Waals surface area (Å²) < 4.78 is 5.35. The van der Waals surface area contributed by atoms with Gasteiger partial charge in [-0.3, -0.25) is 4.79 Å². The lowest BCUT2D eigenvalue weighted by atomic mass is 10.2. The Labute approximate surface area is 167 Å². The van der Waals surface area contributed by atoms with Gasteiger partial charge in [0.05, 0.1) is 5.69 Å². The monoisotopic (exact) mass is 392 g/mol. The molecule has 0 fully saturated rings. The fourth-order valence-corrected chi connectivity index (χ4v) is 3.28. The largest absolute Gasteiger partial charge is 0.454 e. The number of hydrogen-bond acceptors (Lipinski definition) is 5. The van der Waals surface area contributed by atoms with E-state index < -0.39 is 5.97 Å². The number of thiazole rings is 1. The molecule has 0 aliphatic carbocycles. The van der Waals surface area contributed by atoms with E-state index in [4.69, 9.17) is 4.74 Å². The molecule has 3 aromatic rings. The molecule has 0 saturated heterocycles. The second-order valence-corrected chi connectivity index (χ2v) is 7.09. The molecule has 1 aromatic heterocycles. The maximum absolute atomic E-state index is 12.4. The van der Waals surface area contributed by atoms with E-state index in [9.17, 15) is 9.59 Å². The van der Waals surface area contributed by atoms with Crippen LogP contribution in [0, 0.1) is 6.92 Å². The van der Waals surface area contributed by atoms with E-state index in [-0.39, 0.29) is 18.2 Å². The van der Waals surface area contributed by atoms with Crippen molar-refractivity contribution in [2.45, 2.75) is 20.5 Å². The number of nitrogens with zero attached hydrogens (tertiary/aromatic N) is 1. The highest BCUT2D eigenvalue weighted by molar-refractivity contribution is 7.13. The van der Waals surface area contributed by atoms with E-state index in [1.165, 1.54) is 23.8 Å². The first-order valence-corrected chi connectivity index (χ1v) is 9.62. The van der Waals surface area contributed by atoms with Gasteiger partial charge in [-0.25, -0.2) is 9.78 Å². The second-order valence-electron chi connectivity index (χ2n) is 6.24. The van der Waals surface area contributed by atoms with Gasteiger partial charge in [0, 0.05) is 17.9 Å². The number of carbonyl (C=O) groups excluding carboxylic acids is 2. The maximum Gasteiger partial charge on any atom is 0.355 e. The number of aryl methyl sites for hydroxylation is 1. The summed E-state index contributed by atoms with van der Waals surface area (Å²) in [7, 11) is 0. The van der Waals surface area contributed by atoms with Crippen LogP contribution in [0.3, 0.4) is 0 Å². The molecule has 1 heterocycles. The topological polar surface area (TPSA) is 68.3 Å². The Hall–Kier alpha value is -3.25. The summed E-state index contributed by atoms with van der Waals surface area (Å²) in [5.41, 5.74) is 3.75. The van der Waals surface area contributed by atoms with E-state index in [1.807, 2.05) is 66.9 Å². The maximum atomic E-state index is 12.4. The number of carbonyl (C=O) groups is 2. The minimum absolute atomic E-state index is 0.0346. The Morgan fingerprint density at radius 3 is 2.50 bits per heavy atom. The van der Waals surface area contributed by atoms with Crippen molar-refractivity contribution >= 4 is 29.3 Å². The molecule has 0 radical (unpaired) electrons. The molecule has 6 heteroatoms. The molecule has 0 atom stereocenters. The van der Waals surface area contributed by atoms with Crippen molar-refractivity contribution in [1.82, 2.24) is 10.3 Å². The van der Waals surface area contributed by atoms with E-state index in [1.54, 1.807) is 6.08 Å². The number of hydrogen-bond donors (Lipinski definition) is 1. The third kappa shape index (κ3) is 5.37. The number of nitrogens with one attached hydrogen (secondary N) is 1. The fourth-order valence-electron chi connectivity index (χ4n) is 2.47. The molecule has 1 N–H and O–H groups in total. The fraction of sp³-hybridized carbons (Fsp3) is 0.136. The molecule has 0 unspecified atom stereocenters. The van der Waals surface area contributed by atoms with Crippen LogP contribution in [-0.2, 0) is 20.9 Å². The lowest BCUT2D eigenvalue weighted by Crippen LogP contribution is -2.26. The van der Waals surface area contributed by atoms with Gasteiger partial charge in [0.15, 0.2) is 0 Å². The molecule has 5 nitrogen and oxygen atoms in total. The molecular formula is C22H20N2O3S. The third-order valence-corrected chi connectivity index (χ3v) is 4.78. The first-order chi connectivity index (χ1) is 13.5. The second kappa shape index (κ2) is 9.10. The quantitative estimate of drug-likeness (QED) is 0.501. The van der Waals surface area contributed by atoms with E-state index in [2.05, 4.69) is 10.3 Å². The van der Waals surface area contributed by atoms with Crippen molar-refractivity contribution in [3.05, 3.63) is 82.5 Å². The molecule has 0 saturated carbocycles. The van der Waals surface area contributed by atoms with Crippen molar-refractivity contribution < 1.29 is 14.3 Å². The number of ether oxygens (including phenoxy) is 1. The number of aromatic nitrogens is 1. The van der Waals surface area contributed by atoms with Gasteiger partial charge >= 0.3 is 5.97 Å². The van der Waals surface area contributed by atoms with Gasteiger partial charge in [0.2, 0.25) is 5.91 Å². The number of amides is 1. The van der Waals surface area contributed by atoms with Gasteiger partial charge in [0.25, 0.3) is 0 Å². The molecule has 0 bridgehead atoms. The van der Waals surface area contributed by atoms with Crippen molar-refractivity contribution in [2.75, 3.05) is 0 Å². The van der Waals surface area contributed by atoms with Gasteiger partial charge in [-0.1, -0.05) is 60.2 Å². The number of benzene rings is 2. The van der Waals surface area contributed by atoms with Crippen LogP contribution in [-0.4, -0.2) is 16.9 Å². The zero-order valence-electron chi connectivity index (χ0n) is 15.6. The Kier molecular flexibility index (Phi) is 6.34.